The third kappa shape index (κ3) is 2.76. The van der Waals surface area contributed by atoms with Crippen LogP contribution in [0.25, 0.3) is 0 Å². The first-order chi connectivity index (χ1) is 7.56. The highest BCUT2D eigenvalue weighted by atomic mass is 16.5. The van der Waals surface area contributed by atoms with Crippen LogP contribution in [0.2, 0.25) is 0 Å². The first-order valence-electron chi connectivity index (χ1n) is 6.05. The summed E-state index contributed by atoms with van der Waals surface area (Å²) in [6, 6.07) is 6.46. The van der Waals surface area contributed by atoms with Crippen LogP contribution in [0.15, 0.2) is 18.2 Å². The third-order valence-electron chi connectivity index (χ3n) is 2.82. The number of fused-ring (bicyclic) bond motifs is 1. The molecule has 1 aromatic rings. The summed E-state index contributed by atoms with van der Waals surface area (Å²) in [6.45, 7) is 8.29. The van der Waals surface area contributed by atoms with Crippen molar-refractivity contribution in [2.75, 3.05) is 6.61 Å². The van der Waals surface area contributed by atoms with Crippen LogP contribution >= 0.6 is 0 Å². The van der Waals surface area contributed by atoms with Crippen molar-refractivity contribution in [2.45, 2.75) is 45.7 Å². The Labute approximate surface area is 98.0 Å². The summed E-state index contributed by atoms with van der Waals surface area (Å²) in [5.41, 5.74) is 2.80. The molecule has 0 bridgehead atoms. The van der Waals surface area contributed by atoms with Gasteiger partial charge in [0.05, 0.1) is 6.61 Å². The van der Waals surface area contributed by atoms with Gasteiger partial charge in [-0.25, -0.2) is 0 Å². The van der Waals surface area contributed by atoms with Gasteiger partial charge in [0.1, 0.15) is 5.75 Å². The quantitative estimate of drug-likeness (QED) is 0.825. The van der Waals surface area contributed by atoms with E-state index in [1.54, 1.807) is 0 Å². The summed E-state index contributed by atoms with van der Waals surface area (Å²) in [7, 11) is 0. The zero-order valence-corrected chi connectivity index (χ0v) is 10.5. The molecule has 1 aromatic carbocycles. The molecule has 2 heteroatoms. The Morgan fingerprint density at radius 1 is 1.31 bits per heavy atom. The Kier molecular flexibility index (Phi) is 3.20. The molecule has 0 spiro atoms. The van der Waals surface area contributed by atoms with E-state index in [9.17, 15) is 0 Å². The predicted octanol–water partition coefficient (Wildman–Crippen LogP) is 2.90. The molecule has 2 nitrogen and oxygen atoms in total. The van der Waals surface area contributed by atoms with Gasteiger partial charge >= 0.3 is 0 Å². The van der Waals surface area contributed by atoms with Gasteiger partial charge in [0.2, 0.25) is 0 Å². The predicted molar refractivity (Wildman–Crippen MR) is 66.9 cm³/mol. The molecule has 1 aliphatic heterocycles. The first kappa shape index (κ1) is 11.5. The smallest absolute Gasteiger partial charge is 0.126 e. The highest BCUT2D eigenvalue weighted by molar-refractivity contribution is 5.42. The molecule has 88 valence electrons. The van der Waals surface area contributed by atoms with Crippen LogP contribution in [0.3, 0.4) is 0 Å². The van der Waals surface area contributed by atoms with Crippen molar-refractivity contribution in [2.24, 2.45) is 0 Å². The number of benzene rings is 1. The number of aryl methyl sites for hydroxylation is 1. The van der Waals surface area contributed by atoms with E-state index in [-0.39, 0.29) is 5.54 Å². The molecule has 0 aliphatic carbocycles. The summed E-state index contributed by atoms with van der Waals surface area (Å²) in [5.74, 6) is 1.12. The standard InChI is InChI=1S/C14H21NO/c1-14(2,3)15-10-12-7-4-6-11-8-5-9-16-13(11)12/h4,6-7,15H,5,8-10H2,1-3H3. The van der Waals surface area contributed by atoms with Crippen molar-refractivity contribution in [3.63, 3.8) is 0 Å². The van der Waals surface area contributed by atoms with Gasteiger partial charge in [-0.2, -0.15) is 0 Å². The van der Waals surface area contributed by atoms with Crippen molar-refractivity contribution < 1.29 is 4.74 Å². The Balaban J connectivity index is 2.15. The fourth-order valence-corrected chi connectivity index (χ4v) is 1.96. The van der Waals surface area contributed by atoms with Gasteiger partial charge in [-0.05, 0) is 39.2 Å². The molecule has 16 heavy (non-hydrogen) atoms. The van der Waals surface area contributed by atoms with E-state index in [2.05, 4.69) is 44.3 Å². The third-order valence-corrected chi connectivity index (χ3v) is 2.82. The molecule has 1 heterocycles. The molecule has 1 N–H and O–H groups in total. The molecule has 1 aliphatic rings. The fraction of sp³-hybridized carbons (Fsp3) is 0.571. The molecule has 0 atom stereocenters. The van der Waals surface area contributed by atoms with Crippen molar-refractivity contribution in [3.05, 3.63) is 29.3 Å². The molecule has 0 fully saturated rings. The fourth-order valence-electron chi connectivity index (χ4n) is 1.96. The molecular weight excluding hydrogens is 198 g/mol. The normalized spacial score (nSPS) is 15.4. The second-order valence-corrected chi connectivity index (χ2v) is 5.46. The number of hydrogen-bond donors (Lipinski definition) is 1. The minimum absolute atomic E-state index is 0.150. The largest absolute Gasteiger partial charge is 0.493 e. The maximum atomic E-state index is 5.78. The van der Waals surface area contributed by atoms with Crippen LogP contribution in [0.5, 0.6) is 5.75 Å². The second-order valence-electron chi connectivity index (χ2n) is 5.46. The first-order valence-corrected chi connectivity index (χ1v) is 6.05. The summed E-state index contributed by atoms with van der Waals surface area (Å²) in [6.07, 6.45) is 2.29. The van der Waals surface area contributed by atoms with Crippen molar-refractivity contribution in [1.82, 2.24) is 5.32 Å². The number of nitrogens with one attached hydrogen (secondary N) is 1. The molecule has 0 radical (unpaired) electrons. The lowest BCUT2D eigenvalue weighted by atomic mass is 10.0. The monoisotopic (exact) mass is 219 g/mol. The van der Waals surface area contributed by atoms with Crippen LogP contribution in [0.1, 0.15) is 38.3 Å². The van der Waals surface area contributed by atoms with Gasteiger partial charge in [0.15, 0.2) is 0 Å². The maximum absolute atomic E-state index is 5.78. The summed E-state index contributed by atoms with van der Waals surface area (Å²) < 4.78 is 5.78. The topological polar surface area (TPSA) is 21.3 Å². The van der Waals surface area contributed by atoms with E-state index < -0.39 is 0 Å². The van der Waals surface area contributed by atoms with Crippen LogP contribution in [0, 0.1) is 0 Å². The molecule has 0 amide bonds. The van der Waals surface area contributed by atoms with Crippen LogP contribution in [-0.2, 0) is 13.0 Å². The Morgan fingerprint density at radius 2 is 2.12 bits per heavy atom. The van der Waals surface area contributed by atoms with Crippen LogP contribution in [0.4, 0.5) is 0 Å². The second kappa shape index (κ2) is 4.46. The number of para-hydroxylation sites is 1. The maximum Gasteiger partial charge on any atom is 0.126 e. The van der Waals surface area contributed by atoms with E-state index in [0.717, 1.165) is 31.7 Å². The molecule has 0 unspecified atom stereocenters. The average Bonchev–Trinajstić information content (AvgIpc) is 2.25. The lowest BCUT2D eigenvalue weighted by Gasteiger charge is -2.24. The Hall–Kier alpha value is -1.02. The zero-order chi connectivity index (χ0) is 11.6. The number of hydrogen-bond acceptors (Lipinski definition) is 2. The Morgan fingerprint density at radius 3 is 2.88 bits per heavy atom. The minimum Gasteiger partial charge on any atom is -0.493 e. The summed E-state index contributed by atoms with van der Waals surface area (Å²) >= 11 is 0. The van der Waals surface area contributed by atoms with Gasteiger partial charge in [0, 0.05) is 17.6 Å². The van der Waals surface area contributed by atoms with Crippen LogP contribution < -0.4 is 10.1 Å². The molecule has 0 aromatic heterocycles. The number of rotatable bonds is 2. The highest BCUT2D eigenvalue weighted by Crippen LogP contribution is 2.28. The molecule has 2 rings (SSSR count). The zero-order valence-electron chi connectivity index (χ0n) is 10.5. The van der Waals surface area contributed by atoms with E-state index in [0.29, 0.717) is 0 Å². The van der Waals surface area contributed by atoms with E-state index in [1.165, 1.54) is 11.1 Å². The van der Waals surface area contributed by atoms with Crippen LogP contribution in [-0.4, -0.2) is 12.1 Å². The Bertz CT molecular complexity index is 365. The van der Waals surface area contributed by atoms with Crippen molar-refractivity contribution in [1.29, 1.82) is 0 Å². The summed E-state index contributed by atoms with van der Waals surface area (Å²) in [4.78, 5) is 0. The molecule has 0 saturated carbocycles. The van der Waals surface area contributed by atoms with Gasteiger partial charge in [0.25, 0.3) is 0 Å². The SMILES string of the molecule is CC(C)(C)NCc1cccc2c1OCCC2. The highest BCUT2D eigenvalue weighted by Gasteiger charge is 2.15. The van der Waals surface area contributed by atoms with Gasteiger partial charge in [-0.3, -0.25) is 0 Å². The van der Waals surface area contributed by atoms with Gasteiger partial charge < -0.3 is 10.1 Å². The van der Waals surface area contributed by atoms with Gasteiger partial charge in [-0.15, -0.1) is 0 Å². The number of ether oxygens (including phenoxy) is 1. The van der Waals surface area contributed by atoms with Crippen molar-refractivity contribution >= 4 is 0 Å². The molecule has 0 saturated heterocycles. The van der Waals surface area contributed by atoms with Gasteiger partial charge in [-0.1, -0.05) is 18.2 Å². The molecular formula is C14H21NO. The lowest BCUT2D eigenvalue weighted by molar-refractivity contribution is 0.283. The lowest BCUT2D eigenvalue weighted by Crippen LogP contribution is -2.35. The average molecular weight is 219 g/mol. The minimum atomic E-state index is 0.150. The van der Waals surface area contributed by atoms with Crippen molar-refractivity contribution in [3.8, 4) is 5.75 Å². The van der Waals surface area contributed by atoms with E-state index in [4.69, 9.17) is 4.74 Å². The van der Waals surface area contributed by atoms with E-state index in [1.807, 2.05) is 0 Å². The summed E-state index contributed by atoms with van der Waals surface area (Å²) in [5, 5.41) is 3.51. The van der Waals surface area contributed by atoms with E-state index >= 15 is 0 Å².